The van der Waals surface area contributed by atoms with Crippen LogP contribution in [0.4, 0.5) is 0 Å². The van der Waals surface area contributed by atoms with Crippen molar-refractivity contribution < 1.29 is 14.1 Å². The summed E-state index contributed by atoms with van der Waals surface area (Å²) in [4.78, 5) is 17.9. The molecule has 0 radical (unpaired) electrons. The molecule has 2 aromatic heterocycles. The molecule has 1 aliphatic heterocycles. The third-order valence-corrected chi connectivity index (χ3v) is 6.62. The Morgan fingerprint density at radius 2 is 2.10 bits per heavy atom. The first-order valence-corrected chi connectivity index (χ1v) is 11.4. The molecule has 158 valence electrons. The predicted octanol–water partition coefficient (Wildman–Crippen LogP) is 4.64. The smallest absolute Gasteiger partial charge is 0.226 e. The van der Waals surface area contributed by atoms with Gasteiger partial charge in [-0.05, 0) is 48.4 Å². The minimum atomic E-state index is -0.138. The summed E-state index contributed by atoms with van der Waals surface area (Å²) in [5, 5.41) is 9.82. The van der Waals surface area contributed by atoms with Crippen molar-refractivity contribution in [2.75, 3.05) is 19.8 Å². The molecule has 1 aromatic carbocycles. The maximum atomic E-state index is 12.5. The fraction of sp³-hybridized carbons (Fsp3) is 0.409. The highest BCUT2D eigenvalue weighted by molar-refractivity contribution is 7.13. The summed E-state index contributed by atoms with van der Waals surface area (Å²) < 4.78 is 10.9. The lowest BCUT2D eigenvalue weighted by Crippen LogP contribution is -2.44. The van der Waals surface area contributed by atoms with Gasteiger partial charge in [-0.25, -0.2) is 0 Å². The Balaban J connectivity index is 1.29. The molecule has 8 heteroatoms. The lowest BCUT2D eigenvalue weighted by molar-refractivity contribution is -0.121. The zero-order valence-electron chi connectivity index (χ0n) is 16.6. The normalized spacial score (nSPS) is 15.8. The van der Waals surface area contributed by atoms with Crippen molar-refractivity contribution in [3.8, 4) is 10.7 Å². The number of aromatic nitrogens is 2. The highest BCUT2D eigenvalue weighted by atomic mass is 35.5. The molecule has 1 fully saturated rings. The quantitative estimate of drug-likeness (QED) is 0.546. The van der Waals surface area contributed by atoms with Crippen molar-refractivity contribution in [3.63, 3.8) is 0 Å². The van der Waals surface area contributed by atoms with Crippen LogP contribution in [0.15, 0.2) is 46.3 Å². The van der Waals surface area contributed by atoms with Gasteiger partial charge in [0.15, 0.2) is 0 Å². The zero-order chi connectivity index (χ0) is 20.8. The van der Waals surface area contributed by atoms with Crippen LogP contribution in [0.1, 0.15) is 37.1 Å². The Labute approximate surface area is 184 Å². The minimum Gasteiger partial charge on any atom is -0.381 e. The zero-order valence-corrected chi connectivity index (χ0v) is 18.2. The standard InChI is InChI=1S/C22H24ClN3O3S/c23-17-5-1-4-16(14-17)22(9-11-28-12-10-22)15-24-19(27)7-2-8-20-25-21(26-29-20)18-6-3-13-30-18/h1,3-6,13-14H,2,7-12,15H2,(H,24,27). The second-order valence-electron chi connectivity index (χ2n) is 7.52. The number of thiophene rings is 1. The van der Waals surface area contributed by atoms with Gasteiger partial charge < -0.3 is 14.6 Å². The van der Waals surface area contributed by atoms with E-state index in [1.54, 1.807) is 11.3 Å². The van der Waals surface area contributed by atoms with Crippen molar-refractivity contribution in [1.82, 2.24) is 15.5 Å². The van der Waals surface area contributed by atoms with E-state index in [0.29, 0.717) is 55.8 Å². The van der Waals surface area contributed by atoms with E-state index in [2.05, 4.69) is 21.5 Å². The minimum absolute atomic E-state index is 0.0286. The van der Waals surface area contributed by atoms with Crippen molar-refractivity contribution in [2.45, 2.75) is 37.5 Å². The van der Waals surface area contributed by atoms with E-state index in [9.17, 15) is 4.79 Å². The van der Waals surface area contributed by atoms with Gasteiger partial charge in [0.25, 0.3) is 0 Å². The topological polar surface area (TPSA) is 77.2 Å². The molecule has 1 aliphatic rings. The number of nitrogens with one attached hydrogen (secondary N) is 1. The monoisotopic (exact) mass is 445 g/mol. The summed E-state index contributed by atoms with van der Waals surface area (Å²) in [6, 6.07) is 11.8. The van der Waals surface area contributed by atoms with Crippen LogP contribution in [0.2, 0.25) is 5.02 Å². The molecule has 0 aliphatic carbocycles. The molecule has 0 bridgehead atoms. The predicted molar refractivity (Wildman–Crippen MR) is 117 cm³/mol. The Morgan fingerprint density at radius 3 is 2.87 bits per heavy atom. The molecule has 1 amide bonds. The van der Waals surface area contributed by atoms with Gasteiger partial charge in [0.05, 0.1) is 4.88 Å². The number of hydrogen-bond acceptors (Lipinski definition) is 6. The van der Waals surface area contributed by atoms with Gasteiger partial charge in [-0.15, -0.1) is 11.3 Å². The van der Waals surface area contributed by atoms with E-state index in [4.69, 9.17) is 20.9 Å². The number of ether oxygens (including phenoxy) is 1. The van der Waals surface area contributed by atoms with Crippen LogP contribution in [0.5, 0.6) is 0 Å². The maximum absolute atomic E-state index is 12.5. The summed E-state index contributed by atoms with van der Waals surface area (Å²) in [5.41, 5.74) is 1.02. The fourth-order valence-corrected chi connectivity index (χ4v) is 4.61. The number of benzene rings is 1. The number of halogens is 1. The van der Waals surface area contributed by atoms with E-state index in [-0.39, 0.29) is 11.3 Å². The molecule has 0 atom stereocenters. The molecule has 3 aromatic rings. The van der Waals surface area contributed by atoms with Gasteiger partial charge in [0.1, 0.15) is 0 Å². The van der Waals surface area contributed by atoms with Crippen LogP contribution >= 0.6 is 22.9 Å². The average molecular weight is 446 g/mol. The maximum Gasteiger partial charge on any atom is 0.226 e. The van der Waals surface area contributed by atoms with Crippen molar-refractivity contribution in [1.29, 1.82) is 0 Å². The summed E-state index contributed by atoms with van der Waals surface area (Å²) in [6.45, 7) is 1.96. The Kier molecular flexibility index (Phi) is 6.82. The van der Waals surface area contributed by atoms with Gasteiger partial charge in [-0.1, -0.05) is 35.0 Å². The number of amides is 1. The molecule has 0 saturated carbocycles. The number of carbonyl (C=O) groups is 1. The first-order valence-electron chi connectivity index (χ1n) is 10.1. The summed E-state index contributed by atoms with van der Waals surface area (Å²) in [5.74, 6) is 1.19. The van der Waals surface area contributed by atoms with Gasteiger partial charge >= 0.3 is 0 Å². The Morgan fingerprint density at radius 1 is 1.23 bits per heavy atom. The molecule has 1 saturated heterocycles. The highest BCUT2D eigenvalue weighted by Crippen LogP contribution is 2.35. The number of nitrogens with zero attached hydrogens (tertiary/aromatic N) is 2. The number of aryl methyl sites for hydroxylation is 1. The third-order valence-electron chi connectivity index (χ3n) is 5.51. The Bertz CT molecular complexity index is 968. The summed E-state index contributed by atoms with van der Waals surface area (Å²) in [7, 11) is 0. The third kappa shape index (κ3) is 5.09. The molecule has 30 heavy (non-hydrogen) atoms. The van der Waals surface area contributed by atoms with E-state index in [1.807, 2.05) is 35.7 Å². The van der Waals surface area contributed by atoms with Crippen LogP contribution in [0.25, 0.3) is 10.7 Å². The SMILES string of the molecule is O=C(CCCc1nc(-c2cccs2)no1)NCC1(c2cccc(Cl)c2)CCOCC1. The van der Waals surface area contributed by atoms with Gasteiger partial charge in [-0.2, -0.15) is 4.98 Å². The van der Waals surface area contributed by atoms with Crippen molar-refractivity contribution in [3.05, 3.63) is 58.3 Å². The average Bonchev–Trinajstić information content (AvgIpc) is 3.45. The lowest BCUT2D eigenvalue weighted by Gasteiger charge is -2.38. The van der Waals surface area contributed by atoms with Crippen LogP contribution in [-0.2, 0) is 21.4 Å². The molecular formula is C22H24ClN3O3S. The number of carbonyl (C=O) groups excluding carboxylic acids is 1. The second kappa shape index (κ2) is 9.73. The first-order chi connectivity index (χ1) is 14.6. The van der Waals surface area contributed by atoms with E-state index in [0.717, 1.165) is 23.3 Å². The molecular weight excluding hydrogens is 422 g/mol. The molecule has 4 rings (SSSR count). The van der Waals surface area contributed by atoms with Crippen LogP contribution in [0.3, 0.4) is 0 Å². The van der Waals surface area contributed by atoms with Crippen LogP contribution < -0.4 is 5.32 Å². The lowest BCUT2D eigenvalue weighted by atomic mass is 9.74. The van der Waals surface area contributed by atoms with Crippen molar-refractivity contribution >= 4 is 28.8 Å². The van der Waals surface area contributed by atoms with E-state index >= 15 is 0 Å². The summed E-state index contributed by atoms with van der Waals surface area (Å²) >= 11 is 7.78. The second-order valence-corrected chi connectivity index (χ2v) is 8.91. The molecule has 0 unspecified atom stereocenters. The molecule has 6 nitrogen and oxygen atoms in total. The molecule has 0 spiro atoms. The van der Waals surface area contributed by atoms with Gasteiger partial charge in [-0.3, -0.25) is 4.79 Å². The van der Waals surface area contributed by atoms with Crippen molar-refractivity contribution in [2.24, 2.45) is 0 Å². The Hall–Kier alpha value is -2.22. The van der Waals surface area contributed by atoms with Gasteiger partial charge in [0.2, 0.25) is 17.6 Å². The first kappa shape index (κ1) is 21.0. The van der Waals surface area contributed by atoms with Crippen LogP contribution in [0, 0.1) is 0 Å². The number of rotatable bonds is 8. The molecule has 1 N–H and O–H groups in total. The molecule has 3 heterocycles. The number of hydrogen-bond donors (Lipinski definition) is 1. The highest BCUT2D eigenvalue weighted by Gasteiger charge is 2.35. The summed E-state index contributed by atoms with van der Waals surface area (Å²) in [6.07, 6.45) is 3.38. The van der Waals surface area contributed by atoms with E-state index in [1.165, 1.54) is 0 Å². The fourth-order valence-electron chi connectivity index (χ4n) is 3.77. The van der Waals surface area contributed by atoms with Gasteiger partial charge in [0, 0.05) is 43.0 Å². The van der Waals surface area contributed by atoms with E-state index < -0.39 is 0 Å². The van der Waals surface area contributed by atoms with Crippen LogP contribution in [-0.4, -0.2) is 35.8 Å². The largest absolute Gasteiger partial charge is 0.381 e.